The van der Waals surface area contributed by atoms with Crippen molar-refractivity contribution in [2.75, 3.05) is 26.3 Å². The first-order valence-corrected chi connectivity index (χ1v) is 5.74. The highest BCUT2D eigenvalue weighted by Gasteiger charge is 2.24. The molecule has 0 aliphatic carbocycles. The van der Waals surface area contributed by atoms with E-state index >= 15 is 0 Å². The molecule has 2 aliphatic rings. The van der Waals surface area contributed by atoms with Crippen LogP contribution in [0.15, 0.2) is 24.3 Å². The van der Waals surface area contributed by atoms with Gasteiger partial charge < -0.3 is 4.74 Å². The molecule has 0 N–H and O–H groups in total. The first-order valence-electron chi connectivity index (χ1n) is 5.74. The van der Waals surface area contributed by atoms with Crippen molar-refractivity contribution in [3.63, 3.8) is 0 Å². The summed E-state index contributed by atoms with van der Waals surface area (Å²) in [5.74, 6) is -1.43. The Labute approximate surface area is 123 Å². The highest BCUT2D eigenvalue weighted by Crippen LogP contribution is 2.04. The van der Waals surface area contributed by atoms with Gasteiger partial charge in [-0.25, -0.2) is 0 Å². The fourth-order valence-electron chi connectivity index (χ4n) is 1.72. The maximum Gasteiger partial charge on any atom is 0.253 e. The minimum absolute atomic E-state index is 0. The van der Waals surface area contributed by atoms with E-state index in [0.717, 1.165) is 9.80 Å². The molecule has 21 heavy (non-hydrogen) atoms. The van der Waals surface area contributed by atoms with Gasteiger partial charge in [0.1, 0.15) is 0 Å². The van der Waals surface area contributed by atoms with Gasteiger partial charge in [0, 0.05) is 24.3 Å². The number of hydrogen-bond acceptors (Lipinski definition) is 5. The van der Waals surface area contributed by atoms with Crippen molar-refractivity contribution in [2.24, 2.45) is 0 Å². The van der Waals surface area contributed by atoms with Crippen molar-refractivity contribution in [3.8, 4) is 0 Å². The number of imide groups is 2. The van der Waals surface area contributed by atoms with Crippen LogP contribution in [0.4, 0.5) is 0 Å². The number of amides is 4. The molecule has 0 bridgehead atoms. The van der Waals surface area contributed by atoms with E-state index in [-0.39, 0.29) is 64.8 Å². The fraction of sp³-hybridized carbons (Fsp3) is 0.429. The Hall–Kier alpha value is -2.28. The van der Waals surface area contributed by atoms with E-state index in [1.54, 1.807) is 0 Å². The lowest BCUT2D eigenvalue weighted by Crippen LogP contribution is -2.35. The number of carbonyl (C=O) groups excluding carboxylic acids is 4. The third-order valence-corrected chi connectivity index (χ3v) is 2.72. The first-order chi connectivity index (χ1) is 9.09. The minimum Gasteiger partial charge on any atom is -0.378 e. The summed E-state index contributed by atoms with van der Waals surface area (Å²) in [7, 11) is 0. The van der Waals surface area contributed by atoms with Gasteiger partial charge in [0.05, 0.1) is 26.3 Å². The second-order valence-electron chi connectivity index (χ2n) is 3.94. The summed E-state index contributed by atoms with van der Waals surface area (Å²) in [6, 6.07) is 0. The summed E-state index contributed by atoms with van der Waals surface area (Å²) in [6.45, 7) is 0.654. The third kappa shape index (κ3) is 4.35. The topological polar surface area (TPSA) is 84.0 Å². The van der Waals surface area contributed by atoms with Crippen molar-refractivity contribution < 1.29 is 23.9 Å². The summed E-state index contributed by atoms with van der Waals surface area (Å²) in [4.78, 5) is 46.9. The lowest BCUT2D eigenvalue weighted by Gasteiger charge is -2.16. The van der Waals surface area contributed by atoms with Gasteiger partial charge in [-0.2, -0.15) is 0 Å². The lowest BCUT2D eigenvalue weighted by molar-refractivity contribution is -0.137. The maximum absolute atomic E-state index is 11.2. The van der Waals surface area contributed by atoms with E-state index in [9.17, 15) is 19.2 Å². The Kier molecular flexibility index (Phi) is 7.23. The van der Waals surface area contributed by atoms with Gasteiger partial charge in [0.2, 0.25) is 0 Å². The zero-order valence-electron chi connectivity index (χ0n) is 10.1. The summed E-state index contributed by atoms with van der Waals surface area (Å²) < 4.78 is 5.20. The highest BCUT2D eigenvalue weighted by molar-refractivity contribution is 6.13. The average Bonchev–Trinajstić information content (AvgIpc) is 2.86. The van der Waals surface area contributed by atoms with Gasteiger partial charge in [0.15, 0.2) is 0 Å². The molecule has 0 spiro atoms. The van der Waals surface area contributed by atoms with Crippen LogP contribution in [0.25, 0.3) is 0 Å². The van der Waals surface area contributed by atoms with Crippen molar-refractivity contribution in [3.05, 3.63) is 24.3 Å². The molecular weight excluding hydrogens is 276 g/mol. The van der Waals surface area contributed by atoms with Gasteiger partial charge in [-0.15, -0.1) is 0 Å². The molecule has 2 aliphatic heterocycles. The number of hydrogen-bond donors (Lipinski definition) is 0. The molecule has 0 atom stereocenters. The van der Waals surface area contributed by atoms with E-state index in [2.05, 4.69) is 0 Å². The number of rotatable bonds is 6. The first kappa shape index (κ1) is 18.7. The van der Waals surface area contributed by atoms with Crippen LogP contribution in [-0.2, 0) is 23.9 Å². The Morgan fingerprint density at radius 1 is 0.667 bits per heavy atom. The van der Waals surface area contributed by atoms with Gasteiger partial charge in [-0.1, -0.05) is 14.9 Å². The molecule has 0 radical (unpaired) electrons. The number of ether oxygens (including phenoxy) is 1. The van der Waals surface area contributed by atoms with Gasteiger partial charge >= 0.3 is 0 Å². The van der Waals surface area contributed by atoms with Crippen molar-refractivity contribution in [1.82, 2.24) is 9.80 Å². The van der Waals surface area contributed by atoms with Crippen LogP contribution >= 0.6 is 0 Å². The maximum atomic E-state index is 11.2. The molecule has 4 amide bonds. The van der Waals surface area contributed by atoms with E-state index in [1.807, 2.05) is 0 Å². The second kappa shape index (κ2) is 8.11. The zero-order chi connectivity index (χ0) is 13.8. The highest BCUT2D eigenvalue weighted by atomic mass is 16.5. The van der Waals surface area contributed by atoms with E-state index in [0.29, 0.717) is 0 Å². The zero-order valence-corrected chi connectivity index (χ0v) is 10.1. The molecule has 2 heterocycles. The minimum atomic E-state index is -0.359. The smallest absolute Gasteiger partial charge is 0.253 e. The monoisotopic (exact) mass is 296 g/mol. The van der Waals surface area contributed by atoms with Crippen LogP contribution in [0.5, 0.6) is 0 Å². The molecular formula is C14H20N2O5. The molecule has 7 nitrogen and oxygen atoms in total. The standard InChI is InChI=1S/C12H12N2O5.2CH4/c15-9-1-2-10(16)13(9)5-7-19-8-6-14-11(17)3-4-12(14)18;;/h1-4H,5-8H2;2*1H4. The fourth-order valence-corrected chi connectivity index (χ4v) is 1.72. The molecule has 0 fully saturated rings. The normalized spacial score (nSPS) is 16.6. The third-order valence-electron chi connectivity index (χ3n) is 2.72. The van der Waals surface area contributed by atoms with Crippen LogP contribution < -0.4 is 0 Å². The lowest BCUT2D eigenvalue weighted by atomic mass is 10.5. The number of carbonyl (C=O) groups is 4. The SMILES string of the molecule is C.C.O=C1C=CC(=O)N1CCOCCN1C(=O)C=CC1=O. The summed E-state index contributed by atoms with van der Waals surface area (Å²) in [6.07, 6.45) is 4.82. The van der Waals surface area contributed by atoms with Crippen LogP contribution in [0.1, 0.15) is 14.9 Å². The second-order valence-corrected chi connectivity index (χ2v) is 3.94. The largest absolute Gasteiger partial charge is 0.378 e. The van der Waals surface area contributed by atoms with Crippen molar-refractivity contribution in [2.45, 2.75) is 14.9 Å². The van der Waals surface area contributed by atoms with Crippen molar-refractivity contribution >= 4 is 23.6 Å². The summed E-state index contributed by atoms with van der Waals surface area (Å²) in [5, 5.41) is 0. The van der Waals surface area contributed by atoms with Gasteiger partial charge in [-0.05, 0) is 0 Å². The molecule has 116 valence electrons. The number of nitrogens with zero attached hydrogens (tertiary/aromatic N) is 2. The average molecular weight is 296 g/mol. The molecule has 0 aromatic carbocycles. The quantitative estimate of drug-likeness (QED) is 0.513. The van der Waals surface area contributed by atoms with E-state index < -0.39 is 0 Å². The Morgan fingerprint density at radius 2 is 0.952 bits per heavy atom. The molecule has 0 unspecified atom stereocenters. The predicted molar refractivity (Wildman–Crippen MR) is 76.0 cm³/mol. The van der Waals surface area contributed by atoms with Crippen LogP contribution in [0, 0.1) is 0 Å². The Balaban J connectivity index is 0.00000200. The van der Waals surface area contributed by atoms with Crippen LogP contribution in [0.3, 0.4) is 0 Å². The molecule has 0 aromatic heterocycles. The summed E-state index contributed by atoms with van der Waals surface area (Å²) in [5.41, 5.74) is 0. The molecule has 0 saturated heterocycles. The Bertz CT molecular complexity index is 416. The molecule has 0 saturated carbocycles. The summed E-state index contributed by atoms with van der Waals surface area (Å²) >= 11 is 0. The van der Waals surface area contributed by atoms with Crippen molar-refractivity contribution in [1.29, 1.82) is 0 Å². The molecule has 0 aromatic rings. The predicted octanol–water partition coefficient (Wildman–Crippen LogP) is 0.125. The Morgan fingerprint density at radius 3 is 1.24 bits per heavy atom. The van der Waals surface area contributed by atoms with Gasteiger partial charge in [0.25, 0.3) is 23.6 Å². The van der Waals surface area contributed by atoms with E-state index in [4.69, 9.17) is 4.74 Å². The van der Waals surface area contributed by atoms with Crippen LogP contribution in [-0.4, -0.2) is 59.7 Å². The molecule has 2 rings (SSSR count). The van der Waals surface area contributed by atoms with Gasteiger partial charge in [-0.3, -0.25) is 29.0 Å². The van der Waals surface area contributed by atoms with Crippen LogP contribution in [0.2, 0.25) is 0 Å². The van der Waals surface area contributed by atoms with E-state index in [1.165, 1.54) is 24.3 Å². The molecule has 7 heteroatoms.